The maximum Gasteiger partial charge on any atom is 0.361 e. The van der Waals surface area contributed by atoms with Crippen molar-refractivity contribution in [1.29, 1.82) is 0 Å². The second-order valence-electron chi connectivity index (χ2n) is 3.00. The van der Waals surface area contributed by atoms with E-state index in [0.717, 1.165) is 0 Å². The minimum absolute atomic E-state index is 0.134. The smallest absolute Gasteiger partial charge is 0.361 e. The lowest BCUT2D eigenvalue weighted by Gasteiger charge is -2.29. The zero-order valence-corrected chi connectivity index (χ0v) is 7.64. The predicted molar refractivity (Wildman–Crippen MR) is 46.5 cm³/mol. The minimum Gasteiger partial charge on any atom is -0.477 e. The highest BCUT2D eigenvalue weighted by atomic mass is 16.4. The van der Waals surface area contributed by atoms with Gasteiger partial charge in [0, 0.05) is 0 Å². The van der Waals surface area contributed by atoms with Gasteiger partial charge in [-0.3, -0.25) is 11.3 Å². The van der Waals surface area contributed by atoms with Crippen molar-refractivity contribution < 1.29 is 24.4 Å². The fourth-order valence-corrected chi connectivity index (χ4v) is 1.04. The maximum absolute atomic E-state index is 10.4. The molecule has 82 valence electrons. The van der Waals surface area contributed by atoms with Crippen LogP contribution in [0.25, 0.3) is 0 Å². The van der Waals surface area contributed by atoms with E-state index in [1.165, 1.54) is 0 Å². The van der Waals surface area contributed by atoms with Crippen LogP contribution in [0.2, 0.25) is 0 Å². The van der Waals surface area contributed by atoms with Crippen molar-refractivity contribution in [2.45, 2.75) is 0 Å². The number of hydrogen-bond donors (Lipinski definition) is 5. The second-order valence-corrected chi connectivity index (χ2v) is 3.00. The van der Waals surface area contributed by atoms with Crippen LogP contribution in [-0.4, -0.2) is 52.9 Å². The van der Waals surface area contributed by atoms with Gasteiger partial charge in [0.2, 0.25) is 0 Å². The average molecular weight is 207 g/mol. The molecule has 0 saturated heterocycles. The summed E-state index contributed by atoms with van der Waals surface area (Å²) in [6, 6.07) is 0. The molecule has 0 aliphatic heterocycles. The Hall–Kier alpha value is -1.22. The molecular weight excluding hydrogens is 192 g/mol. The molecule has 0 radical (unpaired) electrons. The van der Waals surface area contributed by atoms with Crippen LogP contribution >= 0.6 is 0 Å². The summed E-state index contributed by atoms with van der Waals surface area (Å²) in [6.45, 7) is -0.520. The van der Waals surface area contributed by atoms with Gasteiger partial charge in [-0.2, -0.15) is 5.84 Å². The molecule has 0 aromatic heterocycles. The van der Waals surface area contributed by atoms with Crippen LogP contribution in [0.4, 0.5) is 0 Å². The zero-order chi connectivity index (χ0) is 11.2. The van der Waals surface area contributed by atoms with E-state index >= 15 is 0 Å². The van der Waals surface area contributed by atoms with Crippen molar-refractivity contribution >= 4 is 11.9 Å². The first-order valence-electron chi connectivity index (χ1n) is 3.91. The molecule has 0 unspecified atom stereocenters. The molecule has 14 heavy (non-hydrogen) atoms. The van der Waals surface area contributed by atoms with Gasteiger partial charge in [0.1, 0.15) is 6.54 Å². The van der Waals surface area contributed by atoms with E-state index in [1.807, 2.05) is 0 Å². The lowest BCUT2D eigenvalue weighted by molar-refractivity contribution is -0.925. The highest BCUT2D eigenvalue weighted by Crippen LogP contribution is 1.96. The van der Waals surface area contributed by atoms with Crippen LogP contribution in [0.5, 0.6) is 0 Å². The molecule has 0 spiro atoms. The summed E-state index contributed by atoms with van der Waals surface area (Å²) in [6.07, 6.45) is 0. The standard InChI is InChI=1S/C6H14N4O4/c7-9-1-2-10(8,3-5(11)12)4-6(13)14/h9H,1-4,7-8H2,(H-,11,12,13,14)/p+1. The number of aliphatic carboxylic acids is 2. The van der Waals surface area contributed by atoms with Gasteiger partial charge in [0.25, 0.3) is 0 Å². The first kappa shape index (κ1) is 12.8. The zero-order valence-electron chi connectivity index (χ0n) is 7.64. The summed E-state index contributed by atoms with van der Waals surface area (Å²) in [5, 5.41) is 17.0. The third-order valence-corrected chi connectivity index (χ3v) is 1.60. The Morgan fingerprint density at radius 3 is 1.93 bits per heavy atom. The second kappa shape index (κ2) is 5.50. The number of rotatable bonds is 7. The molecule has 0 aromatic carbocycles. The van der Waals surface area contributed by atoms with Crippen molar-refractivity contribution in [3.8, 4) is 0 Å². The lowest BCUT2D eigenvalue weighted by Crippen LogP contribution is -2.61. The number of nitrogens with one attached hydrogen (secondary N) is 1. The molecule has 0 aliphatic carbocycles. The Bertz CT molecular complexity index is 204. The fraction of sp³-hybridized carbons (Fsp3) is 0.667. The van der Waals surface area contributed by atoms with E-state index in [1.54, 1.807) is 0 Å². The molecule has 0 saturated carbocycles. The Balaban J connectivity index is 4.31. The molecule has 0 heterocycles. The Morgan fingerprint density at radius 1 is 1.21 bits per heavy atom. The summed E-state index contributed by atoms with van der Waals surface area (Å²) in [5.74, 6) is 8.26. The van der Waals surface area contributed by atoms with Gasteiger partial charge < -0.3 is 10.2 Å². The van der Waals surface area contributed by atoms with E-state index in [2.05, 4.69) is 5.43 Å². The number of quaternary nitrogens is 1. The monoisotopic (exact) mass is 207 g/mol. The summed E-state index contributed by atoms with van der Waals surface area (Å²) >= 11 is 0. The number of nitrogens with two attached hydrogens (primary N) is 2. The van der Waals surface area contributed by atoms with E-state index < -0.39 is 29.6 Å². The van der Waals surface area contributed by atoms with E-state index in [9.17, 15) is 9.59 Å². The van der Waals surface area contributed by atoms with Gasteiger partial charge in [0.05, 0.1) is 6.54 Å². The largest absolute Gasteiger partial charge is 0.477 e. The van der Waals surface area contributed by atoms with E-state index in [-0.39, 0.29) is 13.1 Å². The maximum atomic E-state index is 10.4. The number of hydrogen-bond acceptors (Lipinski definition) is 5. The molecule has 0 bridgehead atoms. The highest BCUT2D eigenvalue weighted by molar-refractivity contribution is 5.70. The Kier molecular flexibility index (Phi) is 5.02. The van der Waals surface area contributed by atoms with Crippen LogP contribution < -0.4 is 17.1 Å². The molecule has 0 fully saturated rings. The fourth-order valence-electron chi connectivity index (χ4n) is 1.04. The van der Waals surface area contributed by atoms with Crippen LogP contribution in [0.15, 0.2) is 0 Å². The molecule has 8 nitrogen and oxygen atoms in total. The summed E-state index contributed by atoms with van der Waals surface area (Å²) in [7, 11) is 0. The molecule has 7 N–H and O–H groups in total. The topological polar surface area (TPSA) is 139 Å². The molecular formula is C6H15N4O4+. The summed E-state index contributed by atoms with van der Waals surface area (Å²) < 4.78 is -0.575. The van der Waals surface area contributed by atoms with Gasteiger partial charge in [-0.1, -0.05) is 0 Å². The molecule has 0 atom stereocenters. The minimum atomic E-state index is -1.15. The van der Waals surface area contributed by atoms with Crippen LogP contribution in [-0.2, 0) is 9.59 Å². The van der Waals surface area contributed by atoms with E-state index in [0.29, 0.717) is 0 Å². The molecule has 0 aliphatic rings. The van der Waals surface area contributed by atoms with Crippen LogP contribution in [0.1, 0.15) is 0 Å². The number of carbonyl (C=O) groups is 2. The normalized spacial score (nSPS) is 11.3. The Labute approximate surface area is 80.6 Å². The van der Waals surface area contributed by atoms with Crippen molar-refractivity contribution in [1.82, 2.24) is 5.43 Å². The number of nitrogens with zero attached hydrogens (tertiary/aromatic N) is 1. The third kappa shape index (κ3) is 5.43. The number of carboxylic acids is 2. The predicted octanol–water partition coefficient (Wildman–Crippen LogP) is -2.69. The SMILES string of the molecule is NNCC[N+](N)(CC(=O)O)CC(=O)O. The average Bonchev–Trinajstić information content (AvgIpc) is 1.97. The molecule has 0 amide bonds. The summed E-state index contributed by atoms with van der Waals surface area (Å²) in [4.78, 5) is 20.8. The van der Waals surface area contributed by atoms with Crippen molar-refractivity contribution in [3.05, 3.63) is 0 Å². The molecule has 0 aromatic rings. The Morgan fingerprint density at radius 2 is 1.64 bits per heavy atom. The van der Waals surface area contributed by atoms with Gasteiger partial charge in [-0.25, -0.2) is 14.2 Å². The number of carboxylic acid groups (broad SMARTS) is 2. The van der Waals surface area contributed by atoms with Crippen molar-refractivity contribution in [3.63, 3.8) is 0 Å². The molecule has 0 rings (SSSR count). The first-order chi connectivity index (χ1) is 6.39. The van der Waals surface area contributed by atoms with Gasteiger partial charge in [-0.05, 0) is 0 Å². The van der Waals surface area contributed by atoms with Crippen molar-refractivity contribution in [2.24, 2.45) is 11.7 Å². The van der Waals surface area contributed by atoms with Gasteiger partial charge in [-0.15, -0.1) is 0 Å². The quantitative estimate of drug-likeness (QED) is 0.174. The lowest BCUT2D eigenvalue weighted by atomic mass is 10.4. The van der Waals surface area contributed by atoms with Gasteiger partial charge >= 0.3 is 11.9 Å². The highest BCUT2D eigenvalue weighted by Gasteiger charge is 2.29. The van der Waals surface area contributed by atoms with Crippen LogP contribution in [0, 0.1) is 0 Å². The van der Waals surface area contributed by atoms with Crippen molar-refractivity contribution in [2.75, 3.05) is 26.2 Å². The molecule has 8 heteroatoms. The van der Waals surface area contributed by atoms with E-state index in [4.69, 9.17) is 21.9 Å². The third-order valence-electron chi connectivity index (χ3n) is 1.60. The summed E-state index contributed by atoms with van der Waals surface area (Å²) in [5.41, 5.74) is 2.29. The first-order valence-corrected chi connectivity index (χ1v) is 3.91. The number of hydrazine groups is 1. The van der Waals surface area contributed by atoms with Gasteiger partial charge in [0.15, 0.2) is 13.1 Å². The van der Waals surface area contributed by atoms with Crippen LogP contribution in [0.3, 0.4) is 0 Å².